The molecule has 0 bridgehead atoms. The lowest BCUT2D eigenvalue weighted by molar-refractivity contribution is -0.168. The molecular weight excluding hydrogens is 372 g/mol. The molecule has 0 radical (unpaired) electrons. The largest absolute Gasteiger partial charge is 0.351 e. The van der Waals surface area contributed by atoms with Crippen LogP contribution in [0.3, 0.4) is 0 Å². The first-order valence-electron chi connectivity index (χ1n) is 9.00. The van der Waals surface area contributed by atoms with Crippen LogP contribution < -0.4 is 5.32 Å². The number of nitrogens with one attached hydrogen (secondary N) is 1. The van der Waals surface area contributed by atoms with Crippen molar-refractivity contribution in [3.05, 3.63) is 83.4 Å². The summed E-state index contributed by atoms with van der Waals surface area (Å²) < 4.78 is 0. The van der Waals surface area contributed by atoms with Crippen LogP contribution in [0.2, 0.25) is 0 Å². The first-order chi connectivity index (χ1) is 14.0. The summed E-state index contributed by atoms with van der Waals surface area (Å²) >= 11 is 0. The molecule has 0 fully saturated rings. The van der Waals surface area contributed by atoms with Crippen molar-refractivity contribution in [2.45, 2.75) is 6.42 Å². The maximum absolute atomic E-state index is 12.3. The molecule has 7 nitrogen and oxygen atoms in total. The number of hydrogen-bond donors (Lipinski definition) is 1. The van der Waals surface area contributed by atoms with Crippen LogP contribution in [0.15, 0.2) is 66.7 Å². The molecule has 1 heterocycles. The molecule has 3 aromatic rings. The van der Waals surface area contributed by atoms with E-state index in [1.165, 1.54) is 12.1 Å². The minimum absolute atomic E-state index is 0.00760. The zero-order valence-corrected chi connectivity index (χ0v) is 15.3. The predicted molar refractivity (Wildman–Crippen MR) is 104 cm³/mol. The number of carbonyl (C=O) groups is 4. The van der Waals surface area contributed by atoms with Crippen LogP contribution in [-0.2, 0) is 9.63 Å². The van der Waals surface area contributed by atoms with Gasteiger partial charge in [-0.3, -0.25) is 14.4 Å². The molecule has 0 aromatic heterocycles. The highest BCUT2D eigenvalue weighted by molar-refractivity contribution is 6.20. The third-order valence-electron chi connectivity index (χ3n) is 4.58. The Morgan fingerprint density at radius 2 is 1.45 bits per heavy atom. The van der Waals surface area contributed by atoms with Crippen molar-refractivity contribution in [2.75, 3.05) is 6.54 Å². The van der Waals surface area contributed by atoms with Crippen LogP contribution >= 0.6 is 0 Å². The van der Waals surface area contributed by atoms with E-state index in [-0.39, 0.29) is 30.0 Å². The van der Waals surface area contributed by atoms with Crippen LogP contribution in [0.5, 0.6) is 0 Å². The molecule has 0 unspecified atom stereocenters. The van der Waals surface area contributed by atoms with E-state index in [0.29, 0.717) is 10.6 Å². The molecule has 1 N–H and O–H groups in total. The van der Waals surface area contributed by atoms with Gasteiger partial charge in [0.15, 0.2) is 0 Å². The van der Waals surface area contributed by atoms with Gasteiger partial charge in [0.1, 0.15) is 0 Å². The number of nitrogens with zero attached hydrogens (tertiary/aromatic N) is 1. The standard InChI is InChI=1S/C22H16N2O5/c25-19(29-24-21(27)17-7-3-4-8-18(17)22(24)28)11-12-23-20(26)16-10-9-14-5-1-2-6-15(14)13-16/h1-10,13H,11-12H2,(H,23,26). The lowest BCUT2D eigenvalue weighted by atomic mass is 10.1. The molecule has 29 heavy (non-hydrogen) atoms. The monoisotopic (exact) mass is 388 g/mol. The smallest absolute Gasteiger partial charge is 0.335 e. The van der Waals surface area contributed by atoms with E-state index in [4.69, 9.17) is 4.84 Å². The number of fused-ring (bicyclic) bond motifs is 2. The van der Waals surface area contributed by atoms with E-state index in [0.717, 1.165) is 10.8 Å². The molecule has 3 amide bonds. The second-order valence-corrected chi connectivity index (χ2v) is 6.48. The minimum Gasteiger partial charge on any atom is -0.351 e. The normalized spacial score (nSPS) is 12.8. The van der Waals surface area contributed by atoms with Gasteiger partial charge in [-0.05, 0) is 35.0 Å². The molecule has 4 rings (SSSR count). The van der Waals surface area contributed by atoms with Gasteiger partial charge in [-0.25, -0.2) is 4.79 Å². The second-order valence-electron chi connectivity index (χ2n) is 6.48. The number of benzene rings is 3. The van der Waals surface area contributed by atoms with E-state index in [1.807, 2.05) is 30.3 Å². The number of rotatable bonds is 5. The van der Waals surface area contributed by atoms with Crippen LogP contribution in [0.4, 0.5) is 0 Å². The van der Waals surface area contributed by atoms with Crippen LogP contribution in [0, 0.1) is 0 Å². The first-order valence-corrected chi connectivity index (χ1v) is 9.00. The lowest BCUT2D eigenvalue weighted by Crippen LogP contribution is -2.34. The van der Waals surface area contributed by atoms with Gasteiger partial charge in [-0.2, -0.15) is 0 Å². The number of carbonyl (C=O) groups excluding carboxylic acids is 4. The summed E-state index contributed by atoms with van der Waals surface area (Å²) in [6, 6.07) is 19.2. The van der Waals surface area contributed by atoms with Crippen molar-refractivity contribution in [1.82, 2.24) is 10.4 Å². The highest BCUT2D eigenvalue weighted by Gasteiger charge is 2.38. The molecule has 0 aliphatic carbocycles. The van der Waals surface area contributed by atoms with Crippen molar-refractivity contribution < 1.29 is 24.0 Å². The topological polar surface area (TPSA) is 92.8 Å². The number of hydrogen-bond acceptors (Lipinski definition) is 5. The zero-order chi connectivity index (χ0) is 20.4. The molecule has 7 heteroatoms. The first kappa shape index (κ1) is 18.4. The maximum Gasteiger partial charge on any atom is 0.335 e. The third-order valence-corrected chi connectivity index (χ3v) is 4.58. The van der Waals surface area contributed by atoms with Crippen molar-refractivity contribution in [2.24, 2.45) is 0 Å². The van der Waals surface area contributed by atoms with E-state index < -0.39 is 17.8 Å². The summed E-state index contributed by atoms with van der Waals surface area (Å²) in [5, 5.41) is 5.04. The van der Waals surface area contributed by atoms with Gasteiger partial charge in [-0.1, -0.05) is 47.5 Å². The van der Waals surface area contributed by atoms with Gasteiger partial charge in [0, 0.05) is 12.1 Å². The Morgan fingerprint density at radius 3 is 2.14 bits per heavy atom. The lowest BCUT2D eigenvalue weighted by Gasteiger charge is -2.13. The van der Waals surface area contributed by atoms with Gasteiger partial charge in [0.2, 0.25) is 0 Å². The van der Waals surface area contributed by atoms with E-state index >= 15 is 0 Å². The molecule has 3 aromatic carbocycles. The minimum atomic E-state index is -0.793. The summed E-state index contributed by atoms with van der Waals surface area (Å²) in [6.07, 6.45) is -0.188. The Morgan fingerprint density at radius 1 is 0.828 bits per heavy atom. The fourth-order valence-corrected chi connectivity index (χ4v) is 3.11. The summed E-state index contributed by atoms with van der Waals surface area (Å²) in [6.45, 7) is 0.00760. The number of imide groups is 1. The van der Waals surface area contributed by atoms with Crippen LogP contribution in [-0.4, -0.2) is 35.3 Å². The fourth-order valence-electron chi connectivity index (χ4n) is 3.11. The van der Waals surface area contributed by atoms with Crippen molar-refractivity contribution in [3.8, 4) is 0 Å². The molecule has 144 valence electrons. The predicted octanol–water partition coefficient (Wildman–Crippen LogP) is 2.71. The van der Waals surface area contributed by atoms with E-state index in [9.17, 15) is 19.2 Å². The Labute approximate surface area is 165 Å². The summed E-state index contributed by atoms with van der Waals surface area (Å²) in [5.74, 6) is -2.49. The van der Waals surface area contributed by atoms with Crippen molar-refractivity contribution >= 4 is 34.5 Å². The van der Waals surface area contributed by atoms with E-state index in [2.05, 4.69) is 5.32 Å². The summed E-state index contributed by atoms with van der Waals surface area (Å²) in [7, 11) is 0. The fraction of sp³-hybridized carbons (Fsp3) is 0.0909. The highest BCUT2D eigenvalue weighted by atomic mass is 16.7. The van der Waals surface area contributed by atoms with Crippen molar-refractivity contribution in [3.63, 3.8) is 0 Å². The second kappa shape index (κ2) is 7.55. The van der Waals surface area contributed by atoms with Gasteiger partial charge in [-0.15, -0.1) is 0 Å². The molecule has 1 aliphatic rings. The number of hydroxylamine groups is 2. The Balaban J connectivity index is 1.31. The average molecular weight is 388 g/mol. The maximum atomic E-state index is 12.3. The highest BCUT2D eigenvalue weighted by Crippen LogP contribution is 2.22. The third kappa shape index (κ3) is 3.58. The molecular formula is C22H16N2O5. The summed E-state index contributed by atoms with van der Waals surface area (Å²) in [4.78, 5) is 53.6. The van der Waals surface area contributed by atoms with Crippen LogP contribution in [0.1, 0.15) is 37.5 Å². The Bertz CT molecular complexity index is 1120. The van der Waals surface area contributed by atoms with Gasteiger partial charge >= 0.3 is 5.97 Å². The average Bonchev–Trinajstić information content (AvgIpc) is 2.98. The quantitative estimate of drug-likeness (QED) is 0.679. The Hall–Kier alpha value is -4.00. The van der Waals surface area contributed by atoms with Crippen LogP contribution in [0.25, 0.3) is 10.8 Å². The van der Waals surface area contributed by atoms with Gasteiger partial charge < -0.3 is 10.2 Å². The SMILES string of the molecule is O=C(CCNC(=O)c1ccc2ccccc2c1)ON1C(=O)c2ccccc2C1=O. The molecule has 0 spiro atoms. The zero-order valence-electron chi connectivity index (χ0n) is 15.3. The molecule has 0 saturated heterocycles. The Kier molecular flexibility index (Phi) is 4.78. The van der Waals surface area contributed by atoms with Gasteiger partial charge in [0.05, 0.1) is 17.5 Å². The molecule has 1 aliphatic heterocycles. The summed E-state index contributed by atoms with van der Waals surface area (Å²) in [5.41, 5.74) is 0.849. The van der Waals surface area contributed by atoms with E-state index in [1.54, 1.807) is 24.3 Å². The van der Waals surface area contributed by atoms with Gasteiger partial charge in [0.25, 0.3) is 17.7 Å². The molecule has 0 saturated carbocycles. The molecule has 0 atom stereocenters. The van der Waals surface area contributed by atoms with Crippen molar-refractivity contribution in [1.29, 1.82) is 0 Å². The number of amides is 3.